The Labute approximate surface area is 54.9 Å². The highest BCUT2D eigenvalue weighted by molar-refractivity contribution is 4.66. The summed E-state index contributed by atoms with van der Waals surface area (Å²) in [4.78, 5) is 0. The second kappa shape index (κ2) is 3.82. The predicted molar refractivity (Wildman–Crippen MR) is 32.4 cm³/mol. The van der Waals surface area contributed by atoms with Crippen molar-refractivity contribution < 1.29 is 14.2 Å². The van der Waals surface area contributed by atoms with Crippen LogP contribution >= 0.6 is 0 Å². The lowest BCUT2D eigenvalue weighted by molar-refractivity contribution is 0.0622. The molecule has 0 spiro atoms. The van der Waals surface area contributed by atoms with Crippen molar-refractivity contribution in [3.05, 3.63) is 0 Å². The van der Waals surface area contributed by atoms with Gasteiger partial charge in [0.2, 0.25) is 0 Å². The summed E-state index contributed by atoms with van der Waals surface area (Å²) in [5, 5.41) is 0. The van der Waals surface area contributed by atoms with Crippen LogP contribution in [0.2, 0.25) is 0 Å². The van der Waals surface area contributed by atoms with Gasteiger partial charge in [0.15, 0.2) is 0 Å². The molecule has 0 radical (unpaired) electrons. The van der Waals surface area contributed by atoms with Crippen LogP contribution in [-0.2, 0) is 14.2 Å². The third-order valence-corrected chi connectivity index (χ3v) is 1.14. The summed E-state index contributed by atoms with van der Waals surface area (Å²) in [6, 6.07) is 0. The van der Waals surface area contributed by atoms with Crippen molar-refractivity contribution in [3.63, 3.8) is 0 Å². The molecule has 0 aliphatic carbocycles. The number of hydrogen-bond donors (Lipinski definition) is 0. The zero-order valence-corrected chi connectivity index (χ0v) is 5.63. The van der Waals surface area contributed by atoms with Crippen LogP contribution in [-0.4, -0.2) is 39.6 Å². The van der Waals surface area contributed by atoms with E-state index in [9.17, 15) is 0 Å². The van der Waals surface area contributed by atoms with Gasteiger partial charge >= 0.3 is 0 Å². The van der Waals surface area contributed by atoms with Crippen molar-refractivity contribution in [1.82, 2.24) is 0 Å². The van der Waals surface area contributed by atoms with Gasteiger partial charge < -0.3 is 14.2 Å². The number of hydrogen-bond acceptors (Lipinski definition) is 3. The zero-order valence-electron chi connectivity index (χ0n) is 5.63. The number of rotatable bonds is 5. The molecule has 1 aliphatic rings. The molecule has 1 fully saturated rings. The van der Waals surface area contributed by atoms with Crippen molar-refractivity contribution in [1.29, 1.82) is 0 Å². The van der Waals surface area contributed by atoms with E-state index in [1.54, 1.807) is 7.11 Å². The summed E-state index contributed by atoms with van der Waals surface area (Å²) < 4.78 is 14.8. The quantitative estimate of drug-likeness (QED) is 0.391. The van der Waals surface area contributed by atoms with E-state index < -0.39 is 0 Å². The summed E-state index contributed by atoms with van der Waals surface area (Å²) >= 11 is 0. The molecule has 54 valence electrons. The highest BCUT2D eigenvalue weighted by Gasteiger charge is 2.21. The second-order valence-electron chi connectivity index (χ2n) is 2.02. The summed E-state index contributed by atoms with van der Waals surface area (Å²) in [7, 11) is 1.66. The van der Waals surface area contributed by atoms with Crippen LogP contribution in [0.15, 0.2) is 0 Å². The van der Waals surface area contributed by atoms with Gasteiger partial charge in [0.25, 0.3) is 0 Å². The average molecular weight is 132 g/mol. The molecule has 1 heterocycles. The van der Waals surface area contributed by atoms with Crippen LogP contribution in [0.3, 0.4) is 0 Å². The van der Waals surface area contributed by atoms with Gasteiger partial charge in [0, 0.05) is 7.11 Å². The average Bonchev–Trinajstić information content (AvgIpc) is 2.63. The fourth-order valence-corrected chi connectivity index (χ4v) is 0.521. The summed E-state index contributed by atoms with van der Waals surface area (Å²) in [5.74, 6) is 0. The van der Waals surface area contributed by atoms with Gasteiger partial charge in [0.05, 0.1) is 26.4 Å². The van der Waals surface area contributed by atoms with Crippen molar-refractivity contribution in [2.75, 3.05) is 33.5 Å². The number of ether oxygens (including phenoxy) is 3. The Hall–Kier alpha value is -0.120. The predicted octanol–water partition coefficient (Wildman–Crippen LogP) is 0.0482. The van der Waals surface area contributed by atoms with Gasteiger partial charge in [0.1, 0.15) is 6.10 Å². The lowest BCUT2D eigenvalue weighted by atomic mass is 10.5. The molecule has 1 unspecified atom stereocenters. The van der Waals surface area contributed by atoms with Crippen molar-refractivity contribution in [3.8, 4) is 0 Å². The minimum atomic E-state index is 0.377. The molecule has 3 heteroatoms. The molecule has 1 atom stereocenters. The van der Waals surface area contributed by atoms with Crippen molar-refractivity contribution in [2.24, 2.45) is 0 Å². The summed E-state index contributed by atoms with van der Waals surface area (Å²) in [5.41, 5.74) is 0. The van der Waals surface area contributed by atoms with Crippen molar-refractivity contribution in [2.45, 2.75) is 6.10 Å². The van der Waals surface area contributed by atoms with E-state index in [0.29, 0.717) is 19.3 Å². The van der Waals surface area contributed by atoms with Crippen LogP contribution in [0.25, 0.3) is 0 Å². The molecule has 0 aromatic heterocycles. The van der Waals surface area contributed by atoms with E-state index in [1.807, 2.05) is 0 Å². The first kappa shape index (κ1) is 6.99. The summed E-state index contributed by atoms with van der Waals surface area (Å²) in [6.45, 7) is 2.94. The fraction of sp³-hybridized carbons (Fsp3) is 1.00. The molecule has 3 nitrogen and oxygen atoms in total. The molecule has 0 N–H and O–H groups in total. The Morgan fingerprint density at radius 3 is 2.89 bits per heavy atom. The van der Waals surface area contributed by atoms with E-state index in [-0.39, 0.29) is 0 Å². The van der Waals surface area contributed by atoms with Crippen LogP contribution in [0.5, 0.6) is 0 Å². The lowest BCUT2D eigenvalue weighted by Gasteiger charge is -1.98. The monoisotopic (exact) mass is 132 g/mol. The first-order valence-electron chi connectivity index (χ1n) is 3.12. The largest absolute Gasteiger partial charge is 0.382 e. The van der Waals surface area contributed by atoms with Crippen LogP contribution in [0.1, 0.15) is 0 Å². The Morgan fingerprint density at radius 2 is 2.33 bits per heavy atom. The van der Waals surface area contributed by atoms with Gasteiger partial charge in [-0.1, -0.05) is 0 Å². The van der Waals surface area contributed by atoms with E-state index in [0.717, 1.165) is 13.2 Å². The first-order chi connectivity index (χ1) is 4.43. The minimum absolute atomic E-state index is 0.377. The molecule has 0 amide bonds. The number of epoxide rings is 1. The molecule has 0 aromatic carbocycles. The van der Waals surface area contributed by atoms with Crippen LogP contribution in [0, 0.1) is 0 Å². The highest BCUT2D eigenvalue weighted by Crippen LogP contribution is 2.07. The van der Waals surface area contributed by atoms with E-state index in [2.05, 4.69) is 0 Å². The molecule has 0 aromatic rings. The maximum Gasteiger partial charge on any atom is 0.104 e. The molecule has 1 aliphatic heterocycles. The highest BCUT2D eigenvalue weighted by atomic mass is 16.6. The van der Waals surface area contributed by atoms with Gasteiger partial charge in [-0.25, -0.2) is 0 Å². The zero-order chi connectivity index (χ0) is 6.53. The maximum atomic E-state index is 5.15. The van der Waals surface area contributed by atoms with E-state index >= 15 is 0 Å². The summed E-state index contributed by atoms with van der Waals surface area (Å²) in [6.07, 6.45) is 0.377. The molecule has 0 saturated carbocycles. The Balaban J connectivity index is 1.71. The normalized spacial score (nSPS) is 24.3. The molecular weight excluding hydrogens is 120 g/mol. The van der Waals surface area contributed by atoms with E-state index in [4.69, 9.17) is 14.2 Å². The van der Waals surface area contributed by atoms with Crippen LogP contribution in [0.4, 0.5) is 0 Å². The van der Waals surface area contributed by atoms with Gasteiger partial charge in [-0.3, -0.25) is 0 Å². The second-order valence-corrected chi connectivity index (χ2v) is 2.02. The third kappa shape index (κ3) is 3.46. The minimum Gasteiger partial charge on any atom is -0.382 e. The van der Waals surface area contributed by atoms with Gasteiger partial charge in [-0.15, -0.1) is 0 Å². The third-order valence-electron chi connectivity index (χ3n) is 1.14. The maximum absolute atomic E-state index is 5.15. The molecule has 1 saturated heterocycles. The topological polar surface area (TPSA) is 31.0 Å². The lowest BCUT2D eigenvalue weighted by Crippen LogP contribution is -2.06. The molecule has 1 rings (SSSR count). The molecule has 0 bridgehead atoms. The smallest absolute Gasteiger partial charge is 0.104 e. The Bertz CT molecular complexity index is 70.7. The molecule has 9 heavy (non-hydrogen) atoms. The number of methoxy groups -OCH3 is 1. The first-order valence-corrected chi connectivity index (χ1v) is 3.12. The fourth-order valence-electron chi connectivity index (χ4n) is 0.521. The van der Waals surface area contributed by atoms with Gasteiger partial charge in [-0.05, 0) is 0 Å². The Kier molecular flexibility index (Phi) is 2.97. The van der Waals surface area contributed by atoms with Crippen molar-refractivity contribution >= 4 is 0 Å². The molecular formula is C6H12O3. The SMILES string of the molecule is COCCOCC1CO1. The standard InChI is InChI=1S/C6H12O3/c1-7-2-3-8-4-6-5-9-6/h6H,2-5H2,1H3. The van der Waals surface area contributed by atoms with Gasteiger partial charge in [-0.2, -0.15) is 0 Å². The Morgan fingerprint density at radius 1 is 1.56 bits per heavy atom. The van der Waals surface area contributed by atoms with E-state index in [1.165, 1.54) is 0 Å². The van der Waals surface area contributed by atoms with Crippen LogP contribution < -0.4 is 0 Å².